The summed E-state index contributed by atoms with van der Waals surface area (Å²) in [5.74, 6) is -0.692. The highest BCUT2D eigenvalue weighted by atomic mass is 35.5. The van der Waals surface area contributed by atoms with Gasteiger partial charge in [-0.05, 0) is 62.1 Å². The number of rotatable bonds is 5. The van der Waals surface area contributed by atoms with Gasteiger partial charge in [0.2, 0.25) is 11.8 Å². The van der Waals surface area contributed by atoms with Gasteiger partial charge in [-0.25, -0.2) is 4.79 Å². The molecule has 4 rings (SSSR count). The van der Waals surface area contributed by atoms with Gasteiger partial charge in [-0.3, -0.25) is 9.59 Å². The first-order valence-electron chi connectivity index (χ1n) is 13.3. The van der Waals surface area contributed by atoms with Crippen molar-refractivity contribution in [1.82, 2.24) is 24.9 Å². The zero-order valence-corrected chi connectivity index (χ0v) is 24.5. The summed E-state index contributed by atoms with van der Waals surface area (Å²) in [4.78, 5) is 44.2. The number of carbonyl (C=O) groups excluding carboxylic acids is 3. The summed E-state index contributed by atoms with van der Waals surface area (Å²) < 4.78 is 78.9. The predicted molar refractivity (Wildman–Crippen MR) is 147 cm³/mol. The van der Waals surface area contributed by atoms with E-state index in [0.29, 0.717) is 17.2 Å². The largest absolute Gasteiger partial charge is 0.416 e. The number of halogens is 7. The Hall–Kier alpha value is -3.52. The van der Waals surface area contributed by atoms with Crippen LogP contribution in [0.25, 0.3) is 0 Å². The molecule has 0 bridgehead atoms. The lowest BCUT2D eigenvalue weighted by Crippen LogP contribution is -2.68. The van der Waals surface area contributed by atoms with Crippen molar-refractivity contribution in [2.75, 3.05) is 40.3 Å². The Balaban J connectivity index is 0.000000934. The maximum atomic E-state index is 13.2. The number of nitrogens with one attached hydrogen (secondary N) is 1. The summed E-state index contributed by atoms with van der Waals surface area (Å²) in [6, 6.07) is 7.08. The van der Waals surface area contributed by atoms with Crippen molar-refractivity contribution in [2.24, 2.45) is 0 Å². The van der Waals surface area contributed by atoms with Gasteiger partial charge in [0.1, 0.15) is 12.7 Å². The highest BCUT2D eigenvalue weighted by molar-refractivity contribution is 6.30. The fraction of sp³-hybridized carbons (Fsp3) is 0.464. The molecule has 1 unspecified atom stereocenters. The lowest BCUT2D eigenvalue weighted by Gasteiger charge is -2.48. The van der Waals surface area contributed by atoms with Crippen LogP contribution in [0.1, 0.15) is 35.6 Å². The van der Waals surface area contributed by atoms with Gasteiger partial charge in [0.25, 0.3) is 0 Å². The van der Waals surface area contributed by atoms with E-state index in [2.05, 4.69) is 31.2 Å². The first kappa shape index (κ1) is 34.0. The Morgan fingerprint density at radius 3 is 2.12 bits per heavy atom. The molecule has 0 aromatic heterocycles. The lowest BCUT2D eigenvalue weighted by atomic mass is 10.0. The highest BCUT2D eigenvalue weighted by Gasteiger charge is 2.43. The van der Waals surface area contributed by atoms with E-state index in [-0.39, 0.29) is 50.5 Å². The van der Waals surface area contributed by atoms with Gasteiger partial charge in [0.05, 0.1) is 17.7 Å². The van der Waals surface area contributed by atoms with E-state index >= 15 is 0 Å². The van der Waals surface area contributed by atoms with Crippen molar-refractivity contribution < 1.29 is 40.7 Å². The molecule has 236 valence electrons. The molecule has 0 aliphatic carbocycles. The molecule has 2 heterocycles. The third-order valence-corrected chi connectivity index (χ3v) is 7.13. The fourth-order valence-electron chi connectivity index (χ4n) is 4.42. The van der Waals surface area contributed by atoms with Gasteiger partial charge < -0.3 is 24.9 Å². The molecule has 2 aromatic carbocycles. The number of amides is 4. The van der Waals surface area contributed by atoms with Crippen LogP contribution < -0.4 is 5.32 Å². The number of nitrogens with zero attached hydrogens (tertiary/aromatic N) is 4. The fourth-order valence-corrected chi connectivity index (χ4v) is 4.64. The highest BCUT2D eigenvalue weighted by Crippen LogP contribution is 2.36. The molecule has 0 saturated carbocycles. The average molecular weight is 636 g/mol. The van der Waals surface area contributed by atoms with Crippen LogP contribution in [0.2, 0.25) is 5.02 Å². The quantitative estimate of drug-likeness (QED) is 0.467. The zero-order valence-electron chi connectivity index (χ0n) is 23.7. The zero-order chi connectivity index (χ0) is 32.1. The molecule has 2 aliphatic heterocycles. The molecule has 2 fully saturated rings. The molecular weight excluding hydrogens is 604 g/mol. The molecule has 8 nitrogen and oxygen atoms in total. The van der Waals surface area contributed by atoms with E-state index in [1.807, 2.05) is 0 Å². The molecule has 4 amide bonds. The molecule has 0 spiro atoms. The normalized spacial score (nSPS) is 17.5. The van der Waals surface area contributed by atoms with Gasteiger partial charge in [0.15, 0.2) is 0 Å². The molecule has 2 saturated heterocycles. The summed E-state index contributed by atoms with van der Waals surface area (Å²) in [5.41, 5.74) is -2.66. The Morgan fingerprint density at radius 2 is 1.58 bits per heavy atom. The van der Waals surface area contributed by atoms with Gasteiger partial charge in [-0.15, -0.1) is 0 Å². The van der Waals surface area contributed by atoms with Crippen LogP contribution in [0, 0.1) is 0 Å². The minimum Gasteiger partial charge on any atom is -0.334 e. The Kier molecular flexibility index (Phi) is 10.9. The van der Waals surface area contributed by atoms with E-state index in [4.69, 9.17) is 11.6 Å². The number of fused-ring (bicyclic) bond motifs is 1. The maximum absolute atomic E-state index is 13.2. The number of urea groups is 1. The van der Waals surface area contributed by atoms with E-state index in [1.54, 1.807) is 24.3 Å². The molecule has 2 aromatic rings. The van der Waals surface area contributed by atoms with Crippen LogP contribution in [-0.2, 0) is 35.0 Å². The molecule has 43 heavy (non-hydrogen) atoms. The van der Waals surface area contributed by atoms with Crippen molar-refractivity contribution in [2.45, 2.75) is 45.0 Å². The number of alkyl halides is 6. The summed E-state index contributed by atoms with van der Waals surface area (Å²) >= 11 is 6.01. The molecule has 0 radical (unpaired) electrons. The number of benzene rings is 2. The lowest BCUT2D eigenvalue weighted by molar-refractivity contribution is -0.159. The predicted octanol–water partition coefficient (Wildman–Crippen LogP) is 5.06. The Morgan fingerprint density at radius 1 is 0.977 bits per heavy atom. The number of hydrogen-bond acceptors (Lipinski definition) is 4. The second-order valence-electron chi connectivity index (χ2n) is 10.3. The monoisotopic (exact) mass is 635 g/mol. The third kappa shape index (κ3) is 9.23. The molecule has 1 atom stereocenters. The van der Waals surface area contributed by atoms with Crippen molar-refractivity contribution in [3.8, 4) is 0 Å². The van der Waals surface area contributed by atoms with Crippen LogP contribution in [0.15, 0.2) is 42.5 Å². The van der Waals surface area contributed by atoms with Gasteiger partial charge >= 0.3 is 18.4 Å². The van der Waals surface area contributed by atoms with Crippen molar-refractivity contribution in [3.05, 3.63) is 69.7 Å². The minimum atomic E-state index is -5.02. The first-order valence-corrected chi connectivity index (χ1v) is 13.7. The van der Waals surface area contributed by atoms with Gasteiger partial charge in [-0.1, -0.05) is 30.7 Å². The maximum Gasteiger partial charge on any atom is 0.416 e. The Labute approximate surface area is 250 Å². The van der Waals surface area contributed by atoms with Crippen LogP contribution in [-0.4, -0.2) is 83.9 Å². The van der Waals surface area contributed by atoms with Crippen molar-refractivity contribution in [3.63, 3.8) is 0 Å². The molecule has 1 N–H and O–H groups in total. The van der Waals surface area contributed by atoms with Gasteiger partial charge in [0, 0.05) is 31.1 Å². The van der Waals surface area contributed by atoms with Crippen LogP contribution in [0.5, 0.6) is 0 Å². The number of carbonyl (C=O) groups is 3. The van der Waals surface area contributed by atoms with E-state index in [9.17, 15) is 40.7 Å². The second-order valence-corrected chi connectivity index (χ2v) is 10.8. The minimum absolute atomic E-state index is 0.00693. The third-order valence-electron chi connectivity index (χ3n) is 6.90. The smallest absolute Gasteiger partial charge is 0.334 e. The molecular formula is C28H32ClF6N5O3. The topological polar surface area (TPSA) is 76.2 Å². The SMILES string of the molecule is CCN(C)C.O=C1CN2C(=O)CCN(C(=O)NCc3cc(C(F)(F)F)cc(C(F)(F)F)c3)C2CN1Cc1cccc(Cl)c1. The van der Waals surface area contributed by atoms with Gasteiger partial charge in [-0.2, -0.15) is 26.3 Å². The second kappa shape index (κ2) is 13.8. The summed E-state index contributed by atoms with van der Waals surface area (Å²) in [7, 11) is 4.11. The first-order chi connectivity index (χ1) is 20.0. The van der Waals surface area contributed by atoms with Crippen molar-refractivity contribution in [1.29, 1.82) is 0 Å². The number of hydrogen-bond donors (Lipinski definition) is 1. The number of piperazine rings is 1. The van der Waals surface area contributed by atoms with Crippen LogP contribution in [0.3, 0.4) is 0 Å². The summed E-state index contributed by atoms with van der Waals surface area (Å²) in [6.07, 6.45) is -11.0. The Bertz CT molecular complexity index is 1290. The van der Waals surface area contributed by atoms with Crippen LogP contribution >= 0.6 is 11.6 Å². The standard InChI is InChI=1S/C24H21ClF6N4O3.C4H11N/c25-18-3-1-2-14(8-18)11-33-12-19-34(5-4-20(36)35(19)13-21(33)37)22(38)32-10-15-6-16(23(26,27)28)9-17(7-15)24(29,30)31;1-4-5(2)3/h1-3,6-9,19H,4-5,10-13H2,(H,32,38);4H2,1-3H3. The van der Waals surface area contributed by atoms with Crippen molar-refractivity contribution >= 4 is 29.4 Å². The summed E-state index contributed by atoms with van der Waals surface area (Å²) in [6.45, 7) is 2.45. The average Bonchev–Trinajstić information content (AvgIpc) is 2.92. The summed E-state index contributed by atoms with van der Waals surface area (Å²) in [5, 5.41) is 2.81. The van der Waals surface area contributed by atoms with E-state index < -0.39 is 47.8 Å². The van der Waals surface area contributed by atoms with Crippen LogP contribution in [0.4, 0.5) is 31.1 Å². The van der Waals surface area contributed by atoms with E-state index in [1.165, 1.54) is 14.7 Å². The molecule has 2 aliphatic rings. The van der Waals surface area contributed by atoms with E-state index in [0.717, 1.165) is 12.1 Å². The molecule has 15 heteroatoms.